The summed E-state index contributed by atoms with van der Waals surface area (Å²) in [4.78, 5) is 17.8. The highest BCUT2D eigenvalue weighted by molar-refractivity contribution is 5.93. The van der Waals surface area contributed by atoms with E-state index >= 15 is 0 Å². The molecule has 2 aliphatic rings. The number of carbonyl (C=O) groups is 1. The number of carbonyl (C=O) groups excluding carboxylic acids is 1. The Balaban J connectivity index is 1.33. The number of hydrogen-bond donors (Lipinski definition) is 0. The minimum absolute atomic E-state index is 0.158. The maximum absolute atomic E-state index is 13.1. The van der Waals surface area contributed by atoms with Gasteiger partial charge in [-0.1, -0.05) is 30.3 Å². The number of piperidine rings is 1. The Morgan fingerprint density at radius 3 is 2.76 bits per heavy atom. The summed E-state index contributed by atoms with van der Waals surface area (Å²) in [7, 11) is 0. The molecule has 0 N–H and O–H groups in total. The Hall–Kier alpha value is -2.14. The smallest absolute Gasteiger partial charge is 0.272 e. The molecule has 1 amide bonds. The van der Waals surface area contributed by atoms with Crippen LogP contribution >= 0.6 is 0 Å². The molecule has 0 saturated carbocycles. The Kier molecular flexibility index (Phi) is 6.04. The quantitative estimate of drug-likeness (QED) is 0.749. The topological polar surface area (TPSA) is 41.4 Å². The third-order valence-corrected chi connectivity index (χ3v) is 6.67. The first-order valence-electron chi connectivity index (χ1n) is 11.2. The average molecular weight is 395 g/mol. The lowest BCUT2D eigenvalue weighted by Crippen LogP contribution is -2.45. The summed E-state index contributed by atoms with van der Waals surface area (Å²) < 4.78 is 1.85. The summed E-state index contributed by atoms with van der Waals surface area (Å²) in [6, 6.07) is 12.7. The van der Waals surface area contributed by atoms with Crippen LogP contribution in [0, 0.1) is 12.3 Å². The molecule has 1 atom stereocenters. The van der Waals surface area contributed by atoms with Gasteiger partial charge in [-0.25, -0.2) is 0 Å². The number of rotatable bonds is 6. The summed E-state index contributed by atoms with van der Waals surface area (Å²) in [6.07, 6.45) is 5.98. The normalized spacial score (nSPS) is 22.5. The van der Waals surface area contributed by atoms with Crippen LogP contribution in [-0.2, 0) is 13.0 Å². The van der Waals surface area contributed by atoms with Crippen molar-refractivity contribution in [1.82, 2.24) is 19.6 Å². The van der Waals surface area contributed by atoms with Crippen LogP contribution in [0.3, 0.4) is 0 Å². The van der Waals surface area contributed by atoms with Gasteiger partial charge in [0.15, 0.2) is 0 Å². The number of aromatic nitrogens is 2. The van der Waals surface area contributed by atoms with E-state index in [0.717, 1.165) is 57.0 Å². The first kappa shape index (κ1) is 20.1. The van der Waals surface area contributed by atoms with Crippen molar-refractivity contribution >= 4 is 5.91 Å². The van der Waals surface area contributed by atoms with Crippen LogP contribution in [0.2, 0.25) is 0 Å². The molecular formula is C24H34N4O. The maximum Gasteiger partial charge on any atom is 0.272 e. The molecule has 2 saturated heterocycles. The van der Waals surface area contributed by atoms with Crippen LogP contribution in [-0.4, -0.2) is 58.2 Å². The summed E-state index contributed by atoms with van der Waals surface area (Å²) >= 11 is 0. The largest absolute Gasteiger partial charge is 0.337 e. The zero-order valence-corrected chi connectivity index (χ0v) is 17.9. The molecule has 2 aliphatic heterocycles. The standard InChI is InChI=1S/C24H34N4O/c1-3-28-22(17-20(2)25-28)23(29)27-16-13-24(19-27)12-8-15-26(18-24)14-7-11-21-9-5-4-6-10-21/h4-6,9-10,17H,3,7-8,11-16,18-19H2,1-2H3. The van der Waals surface area contributed by atoms with Crippen LogP contribution in [0.1, 0.15) is 54.4 Å². The van der Waals surface area contributed by atoms with Crippen molar-refractivity contribution in [3.05, 3.63) is 53.3 Å². The van der Waals surface area contributed by atoms with Gasteiger partial charge in [0.05, 0.1) is 5.69 Å². The first-order valence-corrected chi connectivity index (χ1v) is 11.2. The van der Waals surface area contributed by atoms with Gasteiger partial charge in [-0.2, -0.15) is 5.10 Å². The molecule has 5 nitrogen and oxygen atoms in total. The number of benzene rings is 1. The lowest BCUT2D eigenvalue weighted by Gasteiger charge is -2.40. The molecule has 156 valence electrons. The predicted molar refractivity (Wildman–Crippen MR) is 116 cm³/mol. The lowest BCUT2D eigenvalue weighted by molar-refractivity contribution is 0.0678. The van der Waals surface area contributed by atoms with Crippen molar-refractivity contribution in [3.8, 4) is 0 Å². The highest BCUT2D eigenvalue weighted by Crippen LogP contribution is 2.39. The summed E-state index contributed by atoms with van der Waals surface area (Å²) in [6.45, 7) is 10.0. The highest BCUT2D eigenvalue weighted by Gasteiger charge is 2.43. The predicted octanol–water partition coefficient (Wildman–Crippen LogP) is 3.77. The second kappa shape index (κ2) is 8.70. The van der Waals surface area contributed by atoms with Gasteiger partial charge >= 0.3 is 0 Å². The highest BCUT2D eigenvalue weighted by atomic mass is 16.2. The van der Waals surface area contributed by atoms with Crippen LogP contribution in [0.25, 0.3) is 0 Å². The van der Waals surface area contributed by atoms with Crippen LogP contribution < -0.4 is 0 Å². The number of likely N-dealkylation sites (tertiary alicyclic amines) is 2. The molecular weight excluding hydrogens is 360 g/mol. The third-order valence-electron chi connectivity index (χ3n) is 6.67. The average Bonchev–Trinajstić information content (AvgIpc) is 3.32. The molecule has 1 unspecified atom stereocenters. The number of hydrogen-bond acceptors (Lipinski definition) is 3. The van der Waals surface area contributed by atoms with Crippen molar-refractivity contribution in [2.24, 2.45) is 5.41 Å². The zero-order valence-electron chi connectivity index (χ0n) is 17.9. The lowest BCUT2D eigenvalue weighted by atomic mass is 9.79. The summed E-state index contributed by atoms with van der Waals surface area (Å²) in [5, 5.41) is 4.46. The van der Waals surface area contributed by atoms with Crippen LogP contribution in [0.5, 0.6) is 0 Å². The van der Waals surface area contributed by atoms with Gasteiger partial charge in [0.2, 0.25) is 0 Å². The molecule has 1 aromatic heterocycles. The first-order chi connectivity index (χ1) is 14.1. The van der Waals surface area contributed by atoms with E-state index in [9.17, 15) is 4.79 Å². The second-order valence-corrected chi connectivity index (χ2v) is 8.93. The van der Waals surface area contributed by atoms with E-state index in [0.29, 0.717) is 0 Å². The van der Waals surface area contributed by atoms with Gasteiger partial charge in [0, 0.05) is 31.6 Å². The van der Waals surface area contributed by atoms with E-state index in [1.807, 2.05) is 24.6 Å². The molecule has 0 bridgehead atoms. The number of amides is 1. The number of aryl methyl sites for hydroxylation is 3. The molecule has 2 fully saturated rings. The third kappa shape index (κ3) is 4.55. The molecule has 2 aromatic rings. The van der Waals surface area contributed by atoms with Crippen LogP contribution in [0.15, 0.2) is 36.4 Å². The minimum Gasteiger partial charge on any atom is -0.337 e. The van der Waals surface area contributed by atoms with E-state index < -0.39 is 0 Å². The van der Waals surface area contributed by atoms with Crippen molar-refractivity contribution in [3.63, 3.8) is 0 Å². The Bertz CT molecular complexity index is 831. The fourth-order valence-corrected chi connectivity index (χ4v) is 5.21. The zero-order chi connectivity index (χ0) is 20.3. The molecule has 1 aromatic carbocycles. The summed E-state index contributed by atoms with van der Waals surface area (Å²) in [5.74, 6) is 0.158. The van der Waals surface area contributed by atoms with Gasteiger partial charge < -0.3 is 9.80 Å². The van der Waals surface area contributed by atoms with E-state index in [1.165, 1.54) is 31.4 Å². The Morgan fingerprint density at radius 1 is 1.14 bits per heavy atom. The van der Waals surface area contributed by atoms with Crippen LogP contribution in [0.4, 0.5) is 0 Å². The molecule has 0 radical (unpaired) electrons. The van der Waals surface area contributed by atoms with E-state index in [-0.39, 0.29) is 11.3 Å². The Labute approximate surface area is 174 Å². The van der Waals surface area contributed by atoms with Gasteiger partial charge in [0.1, 0.15) is 5.69 Å². The Morgan fingerprint density at radius 2 is 1.97 bits per heavy atom. The maximum atomic E-state index is 13.1. The fourth-order valence-electron chi connectivity index (χ4n) is 5.21. The van der Waals surface area contributed by atoms with Crippen molar-refractivity contribution in [1.29, 1.82) is 0 Å². The van der Waals surface area contributed by atoms with E-state index in [1.54, 1.807) is 0 Å². The molecule has 1 spiro atoms. The molecule has 5 heteroatoms. The minimum atomic E-state index is 0.158. The SMILES string of the molecule is CCn1nc(C)cc1C(=O)N1CCC2(CCCN(CCCc3ccccc3)C2)C1. The van der Waals surface area contributed by atoms with E-state index in [4.69, 9.17) is 0 Å². The van der Waals surface area contributed by atoms with Crippen molar-refractivity contribution in [2.75, 3.05) is 32.7 Å². The number of nitrogens with zero attached hydrogens (tertiary/aromatic N) is 4. The van der Waals surface area contributed by atoms with Gasteiger partial charge in [-0.3, -0.25) is 9.48 Å². The fraction of sp³-hybridized carbons (Fsp3) is 0.583. The van der Waals surface area contributed by atoms with Crippen molar-refractivity contribution < 1.29 is 4.79 Å². The van der Waals surface area contributed by atoms with Gasteiger partial charge in [-0.15, -0.1) is 0 Å². The van der Waals surface area contributed by atoms with Gasteiger partial charge in [-0.05, 0) is 70.7 Å². The molecule has 29 heavy (non-hydrogen) atoms. The van der Waals surface area contributed by atoms with Gasteiger partial charge in [0.25, 0.3) is 5.91 Å². The molecule has 3 heterocycles. The van der Waals surface area contributed by atoms with Crippen molar-refractivity contribution in [2.45, 2.75) is 52.5 Å². The second-order valence-electron chi connectivity index (χ2n) is 8.93. The molecule has 0 aliphatic carbocycles. The molecule has 4 rings (SSSR count). The summed E-state index contributed by atoms with van der Waals surface area (Å²) in [5.41, 5.74) is 3.39. The monoisotopic (exact) mass is 394 g/mol. The van der Waals surface area contributed by atoms with E-state index in [2.05, 4.69) is 45.2 Å².